The van der Waals surface area contributed by atoms with Gasteiger partial charge < -0.3 is 9.84 Å². The van der Waals surface area contributed by atoms with Crippen molar-refractivity contribution in [3.8, 4) is 5.75 Å². The van der Waals surface area contributed by atoms with Gasteiger partial charge in [-0.05, 0) is 24.5 Å². The number of carbonyl (C=O) groups is 2. The fourth-order valence-electron chi connectivity index (χ4n) is 1.71. The molecule has 0 aliphatic rings. The Morgan fingerprint density at radius 2 is 1.85 bits per heavy atom. The van der Waals surface area contributed by atoms with Gasteiger partial charge >= 0.3 is 11.9 Å². The Morgan fingerprint density at radius 1 is 1.15 bits per heavy atom. The molecule has 1 rings (SSSR count). The first-order valence-corrected chi connectivity index (χ1v) is 6.03. The maximum absolute atomic E-state index is 11.5. The molecule has 0 aliphatic heterocycles. The Hall–Kier alpha value is -2.62. The molecule has 0 amide bonds. The maximum Gasteiger partial charge on any atom is 0.336 e. The van der Waals surface area contributed by atoms with E-state index in [1.165, 1.54) is 0 Å². The van der Waals surface area contributed by atoms with Gasteiger partial charge in [0.1, 0.15) is 5.75 Å². The van der Waals surface area contributed by atoms with E-state index in [9.17, 15) is 9.59 Å². The summed E-state index contributed by atoms with van der Waals surface area (Å²) in [5.74, 6) is -1.52. The van der Waals surface area contributed by atoms with Crippen molar-refractivity contribution >= 4 is 11.9 Å². The van der Waals surface area contributed by atoms with Crippen molar-refractivity contribution in [1.82, 2.24) is 0 Å². The van der Waals surface area contributed by atoms with Crippen molar-refractivity contribution in [2.75, 3.05) is 0 Å². The second-order valence-electron chi connectivity index (χ2n) is 3.97. The fraction of sp³-hybridized carbons (Fsp3) is 0.125. The lowest BCUT2D eigenvalue weighted by Crippen LogP contribution is -2.08. The summed E-state index contributed by atoms with van der Waals surface area (Å²) in [4.78, 5) is 21.9. The molecule has 4 heteroatoms. The number of allylic oxidation sites excluding steroid dienone is 2. The van der Waals surface area contributed by atoms with Crippen LogP contribution in [0.2, 0.25) is 0 Å². The van der Waals surface area contributed by atoms with Crippen LogP contribution in [0.25, 0.3) is 0 Å². The second kappa shape index (κ2) is 7.74. The van der Waals surface area contributed by atoms with E-state index in [0.717, 1.165) is 23.3 Å². The van der Waals surface area contributed by atoms with Gasteiger partial charge in [-0.15, -0.1) is 13.2 Å². The maximum atomic E-state index is 11.5. The van der Waals surface area contributed by atoms with Crippen LogP contribution in [0.3, 0.4) is 0 Å². The minimum atomic E-state index is -1.20. The van der Waals surface area contributed by atoms with Crippen LogP contribution in [0.1, 0.15) is 11.1 Å². The number of benzene rings is 1. The van der Waals surface area contributed by atoms with E-state index < -0.39 is 11.9 Å². The first-order chi connectivity index (χ1) is 9.58. The number of carboxylic acid groups (broad SMARTS) is 1. The topological polar surface area (TPSA) is 63.6 Å². The van der Waals surface area contributed by atoms with Crippen molar-refractivity contribution in [3.63, 3.8) is 0 Å². The average Bonchev–Trinajstić information content (AvgIpc) is 2.40. The van der Waals surface area contributed by atoms with Crippen LogP contribution in [-0.2, 0) is 22.4 Å². The molecule has 1 N–H and O–H groups in total. The zero-order valence-corrected chi connectivity index (χ0v) is 11.0. The molecular formula is C16H16O4. The molecule has 0 bridgehead atoms. The summed E-state index contributed by atoms with van der Waals surface area (Å²) >= 11 is 0. The van der Waals surface area contributed by atoms with Crippen molar-refractivity contribution in [3.05, 3.63) is 66.8 Å². The molecule has 0 spiro atoms. The van der Waals surface area contributed by atoms with Crippen LogP contribution in [0.5, 0.6) is 5.75 Å². The van der Waals surface area contributed by atoms with Gasteiger partial charge in [0.05, 0.1) is 0 Å². The quantitative estimate of drug-likeness (QED) is 0.359. The predicted octanol–water partition coefficient (Wildman–Crippen LogP) is 2.69. The number of ether oxygens (including phenoxy) is 1. The van der Waals surface area contributed by atoms with E-state index in [4.69, 9.17) is 9.84 Å². The number of aliphatic carboxylic acids is 1. The second-order valence-corrected chi connectivity index (χ2v) is 3.97. The Labute approximate surface area is 117 Å². The Morgan fingerprint density at radius 3 is 2.45 bits per heavy atom. The minimum absolute atomic E-state index is 0.407. The van der Waals surface area contributed by atoms with Gasteiger partial charge in [-0.2, -0.15) is 0 Å². The summed E-state index contributed by atoms with van der Waals surface area (Å²) in [5.41, 5.74) is 1.84. The summed E-state index contributed by atoms with van der Waals surface area (Å²) in [6.45, 7) is 7.37. The van der Waals surface area contributed by atoms with E-state index in [1.54, 1.807) is 24.3 Å². The summed E-state index contributed by atoms with van der Waals surface area (Å²) in [6, 6.07) is 5.36. The molecule has 0 saturated carbocycles. The third-order valence-electron chi connectivity index (χ3n) is 2.52. The Kier molecular flexibility index (Phi) is 5.97. The van der Waals surface area contributed by atoms with Crippen molar-refractivity contribution in [1.29, 1.82) is 0 Å². The normalized spacial score (nSPS) is 10.2. The number of rotatable bonds is 7. The zero-order chi connectivity index (χ0) is 15.0. The van der Waals surface area contributed by atoms with E-state index in [0.29, 0.717) is 18.6 Å². The van der Waals surface area contributed by atoms with Crippen LogP contribution in [0.15, 0.2) is 55.7 Å². The average molecular weight is 272 g/mol. The van der Waals surface area contributed by atoms with Crippen LogP contribution in [-0.4, -0.2) is 17.0 Å². The molecule has 0 unspecified atom stereocenters. The molecule has 0 fully saturated rings. The van der Waals surface area contributed by atoms with Gasteiger partial charge in [0, 0.05) is 17.7 Å². The van der Waals surface area contributed by atoms with Gasteiger partial charge in [-0.3, -0.25) is 0 Å². The summed E-state index contributed by atoms with van der Waals surface area (Å²) in [7, 11) is 0. The van der Waals surface area contributed by atoms with Crippen LogP contribution in [0, 0.1) is 0 Å². The van der Waals surface area contributed by atoms with Crippen LogP contribution < -0.4 is 4.74 Å². The van der Waals surface area contributed by atoms with E-state index >= 15 is 0 Å². The highest BCUT2D eigenvalue weighted by atomic mass is 16.5. The Balaban J connectivity index is 3.01. The Bertz CT molecular complexity index is 556. The van der Waals surface area contributed by atoms with Crippen molar-refractivity contribution in [2.45, 2.75) is 12.8 Å². The molecule has 20 heavy (non-hydrogen) atoms. The van der Waals surface area contributed by atoms with E-state index in [2.05, 4.69) is 13.2 Å². The molecule has 0 heterocycles. The molecule has 1 aromatic carbocycles. The minimum Gasteiger partial charge on any atom is -0.478 e. The largest absolute Gasteiger partial charge is 0.478 e. The van der Waals surface area contributed by atoms with Gasteiger partial charge in [0.2, 0.25) is 0 Å². The first-order valence-electron chi connectivity index (χ1n) is 6.03. The van der Waals surface area contributed by atoms with Gasteiger partial charge in [-0.25, -0.2) is 9.59 Å². The fourth-order valence-corrected chi connectivity index (χ4v) is 1.71. The number of hydrogen-bond acceptors (Lipinski definition) is 3. The first kappa shape index (κ1) is 15.4. The monoisotopic (exact) mass is 272 g/mol. The lowest BCUT2D eigenvalue weighted by molar-refractivity contribution is -0.133. The molecule has 104 valence electrons. The number of esters is 1. The molecule has 0 saturated heterocycles. The SMILES string of the molecule is C=CCc1cccc(OC(=O)C=CC(=O)O)c1CC=C. The van der Waals surface area contributed by atoms with Crippen molar-refractivity contribution in [2.24, 2.45) is 0 Å². The standard InChI is InChI=1S/C16H16O4/c1-3-6-12-8-5-9-14(13(12)7-4-2)20-16(19)11-10-15(17)18/h3-5,8-11H,1-2,6-7H2,(H,17,18). The molecule has 1 aromatic rings. The van der Waals surface area contributed by atoms with Gasteiger partial charge in [-0.1, -0.05) is 24.3 Å². The zero-order valence-electron chi connectivity index (χ0n) is 11.0. The molecule has 0 aromatic heterocycles. The highest BCUT2D eigenvalue weighted by Crippen LogP contribution is 2.24. The van der Waals surface area contributed by atoms with Crippen LogP contribution >= 0.6 is 0 Å². The smallest absolute Gasteiger partial charge is 0.336 e. The highest BCUT2D eigenvalue weighted by Gasteiger charge is 2.10. The summed E-state index contributed by atoms with van der Waals surface area (Å²) in [5, 5.41) is 8.46. The number of hydrogen-bond donors (Lipinski definition) is 1. The highest BCUT2D eigenvalue weighted by molar-refractivity contribution is 5.91. The lowest BCUT2D eigenvalue weighted by atomic mass is 10.0. The van der Waals surface area contributed by atoms with Gasteiger partial charge in [0.15, 0.2) is 0 Å². The predicted molar refractivity (Wildman–Crippen MR) is 76.7 cm³/mol. The van der Waals surface area contributed by atoms with E-state index in [-0.39, 0.29) is 0 Å². The molecule has 0 radical (unpaired) electrons. The van der Waals surface area contributed by atoms with Crippen molar-refractivity contribution < 1.29 is 19.4 Å². The number of carboxylic acids is 1. The van der Waals surface area contributed by atoms with Crippen LogP contribution in [0.4, 0.5) is 0 Å². The molecular weight excluding hydrogens is 256 g/mol. The third-order valence-corrected chi connectivity index (χ3v) is 2.52. The molecule has 0 atom stereocenters. The molecule has 0 aliphatic carbocycles. The number of carbonyl (C=O) groups excluding carboxylic acids is 1. The van der Waals surface area contributed by atoms with Gasteiger partial charge in [0.25, 0.3) is 0 Å². The summed E-state index contributed by atoms with van der Waals surface area (Å²) in [6.07, 6.45) is 6.29. The lowest BCUT2D eigenvalue weighted by Gasteiger charge is -2.11. The summed E-state index contributed by atoms with van der Waals surface area (Å²) < 4.78 is 5.16. The third kappa shape index (κ3) is 4.57. The molecule has 4 nitrogen and oxygen atoms in total. The van der Waals surface area contributed by atoms with E-state index in [1.807, 2.05) is 6.07 Å².